The third-order valence-electron chi connectivity index (χ3n) is 3.62. The monoisotopic (exact) mass is 306 g/mol. The molecule has 0 saturated carbocycles. The van der Waals surface area contributed by atoms with Crippen molar-refractivity contribution < 1.29 is 19.4 Å². The van der Waals surface area contributed by atoms with E-state index in [1.807, 2.05) is 18.2 Å². The van der Waals surface area contributed by atoms with Crippen molar-refractivity contribution in [3.63, 3.8) is 0 Å². The normalized spacial score (nSPS) is 20.5. The van der Waals surface area contributed by atoms with Gasteiger partial charge in [-0.25, -0.2) is 4.79 Å². The molecule has 1 fully saturated rings. The summed E-state index contributed by atoms with van der Waals surface area (Å²) >= 11 is 0. The summed E-state index contributed by atoms with van der Waals surface area (Å²) in [5.74, 6) is -0.853. The number of hydrogen-bond acceptors (Lipinski definition) is 3. The summed E-state index contributed by atoms with van der Waals surface area (Å²) in [6.45, 7) is 0.824. The minimum Gasteiger partial charge on any atom is -0.481 e. The predicted molar refractivity (Wildman–Crippen MR) is 81.6 cm³/mol. The topological polar surface area (TPSA) is 87.7 Å². The molecule has 1 heterocycles. The Balaban J connectivity index is 1.62. The van der Waals surface area contributed by atoms with Gasteiger partial charge in [-0.3, -0.25) is 4.79 Å². The van der Waals surface area contributed by atoms with E-state index in [1.165, 1.54) is 5.56 Å². The predicted octanol–water partition coefficient (Wildman–Crippen LogP) is 2.07. The van der Waals surface area contributed by atoms with Crippen LogP contribution in [0.15, 0.2) is 30.3 Å². The average molecular weight is 306 g/mol. The number of hydrogen-bond donors (Lipinski definition) is 3. The Bertz CT molecular complexity index is 492. The molecule has 3 N–H and O–H groups in total. The van der Waals surface area contributed by atoms with E-state index in [1.54, 1.807) is 0 Å². The molecule has 120 valence electrons. The van der Waals surface area contributed by atoms with Crippen molar-refractivity contribution in [3.8, 4) is 0 Å². The van der Waals surface area contributed by atoms with E-state index >= 15 is 0 Å². The number of nitrogens with one attached hydrogen (secondary N) is 2. The van der Waals surface area contributed by atoms with Gasteiger partial charge in [0.05, 0.1) is 12.2 Å². The molecule has 0 radical (unpaired) electrons. The quantitative estimate of drug-likeness (QED) is 0.673. The lowest BCUT2D eigenvalue weighted by Crippen LogP contribution is -2.40. The fourth-order valence-corrected chi connectivity index (χ4v) is 2.48. The van der Waals surface area contributed by atoms with Crippen molar-refractivity contribution in [2.75, 3.05) is 13.1 Å². The summed E-state index contributed by atoms with van der Waals surface area (Å²) < 4.78 is 5.93. The Morgan fingerprint density at radius 3 is 2.68 bits per heavy atom. The molecule has 6 heteroatoms. The number of amides is 2. The molecule has 0 bridgehead atoms. The van der Waals surface area contributed by atoms with Crippen molar-refractivity contribution in [2.24, 2.45) is 0 Å². The van der Waals surface area contributed by atoms with Crippen LogP contribution in [-0.4, -0.2) is 36.3 Å². The zero-order chi connectivity index (χ0) is 15.8. The van der Waals surface area contributed by atoms with Crippen LogP contribution in [0.5, 0.6) is 0 Å². The Hall–Kier alpha value is -2.08. The molecule has 6 nitrogen and oxygen atoms in total. The van der Waals surface area contributed by atoms with Crippen LogP contribution >= 0.6 is 0 Å². The lowest BCUT2D eigenvalue weighted by Gasteiger charge is -2.15. The van der Waals surface area contributed by atoms with Gasteiger partial charge in [-0.05, 0) is 24.8 Å². The third-order valence-corrected chi connectivity index (χ3v) is 3.62. The maximum absolute atomic E-state index is 11.6. The van der Waals surface area contributed by atoms with Crippen LogP contribution in [0.1, 0.15) is 37.4 Å². The number of aliphatic carboxylic acids is 1. The Kier molecular flexibility index (Phi) is 6.21. The minimum absolute atomic E-state index is 0.0231. The second-order valence-corrected chi connectivity index (χ2v) is 5.37. The van der Waals surface area contributed by atoms with Crippen LogP contribution in [0.4, 0.5) is 4.79 Å². The van der Waals surface area contributed by atoms with Gasteiger partial charge in [0, 0.05) is 19.5 Å². The molecule has 1 aliphatic heterocycles. The molecule has 2 atom stereocenters. The molecule has 22 heavy (non-hydrogen) atoms. The molecule has 1 aromatic rings. The maximum atomic E-state index is 11.6. The number of rotatable bonds is 7. The summed E-state index contributed by atoms with van der Waals surface area (Å²) in [4.78, 5) is 21.9. The molecule has 1 saturated heterocycles. The molecule has 1 aromatic carbocycles. The fraction of sp³-hybridized carbons (Fsp3) is 0.500. The summed E-state index contributed by atoms with van der Waals surface area (Å²) in [7, 11) is 0. The van der Waals surface area contributed by atoms with Gasteiger partial charge >= 0.3 is 12.0 Å². The third kappa shape index (κ3) is 5.37. The van der Waals surface area contributed by atoms with E-state index < -0.39 is 5.97 Å². The second-order valence-electron chi connectivity index (χ2n) is 5.37. The zero-order valence-corrected chi connectivity index (χ0v) is 12.5. The molecule has 0 aromatic heterocycles. The highest BCUT2D eigenvalue weighted by Gasteiger charge is 2.26. The average Bonchev–Trinajstić information content (AvgIpc) is 2.99. The second kappa shape index (κ2) is 8.38. The van der Waals surface area contributed by atoms with E-state index in [9.17, 15) is 9.59 Å². The van der Waals surface area contributed by atoms with Gasteiger partial charge in [-0.1, -0.05) is 30.3 Å². The molecule has 1 aliphatic rings. The van der Waals surface area contributed by atoms with E-state index in [0.29, 0.717) is 19.5 Å². The summed E-state index contributed by atoms with van der Waals surface area (Å²) in [6, 6.07) is 9.79. The Labute approximate surface area is 129 Å². The van der Waals surface area contributed by atoms with Crippen molar-refractivity contribution in [1.29, 1.82) is 0 Å². The number of benzene rings is 1. The first-order valence-electron chi connectivity index (χ1n) is 7.59. The summed E-state index contributed by atoms with van der Waals surface area (Å²) in [5.41, 5.74) is 1.17. The Morgan fingerprint density at radius 1 is 1.18 bits per heavy atom. The van der Waals surface area contributed by atoms with Gasteiger partial charge in [0.15, 0.2) is 0 Å². The fourth-order valence-electron chi connectivity index (χ4n) is 2.48. The van der Waals surface area contributed by atoms with Gasteiger partial charge in [-0.15, -0.1) is 0 Å². The maximum Gasteiger partial charge on any atom is 0.314 e. The van der Waals surface area contributed by atoms with Gasteiger partial charge in [0.2, 0.25) is 0 Å². The van der Waals surface area contributed by atoms with Crippen LogP contribution in [0, 0.1) is 0 Å². The molecule has 2 amide bonds. The van der Waals surface area contributed by atoms with Gasteiger partial charge in [0.1, 0.15) is 0 Å². The van der Waals surface area contributed by atoms with Crippen LogP contribution in [0.3, 0.4) is 0 Å². The Morgan fingerprint density at radius 2 is 1.95 bits per heavy atom. The van der Waals surface area contributed by atoms with E-state index in [-0.39, 0.29) is 24.7 Å². The van der Waals surface area contributed by atoms with E-state index in [2.05, 4.69) is 22.8 Å². The van der Waals surface area contributed by atoms with Crippen LogP contribution in [0.2, 0.25) is 0 Å². The van der Waals surface area contributed by atoms with Crippen LogP contribution in [0.25, 0.3) is 0 Å². The van der Waals surface area contributed by atoms with Crippen LogP contribution < -0.4 is 10.6 Å². The molecule has 0 aliphatic carbocycles. The highest BCUT2D eigenvalue weighted by Crippen LogP contribution is 2.32. The van der Waals surface area contributed by atoms with Crippen molar-refractivity contribution >= 4 is 12.0 Å². The smallest absolute Gasteiger partial charge is 0.314 e. The summed E-state index contributed by atoms with van der Waals surface area (Å²) in [5, 5.41) is 13.9. The van der Waals surface area contributed by atoms with Crippen molar-refractivity contribution in [2.45, 2.75) is 37.9 Å². The SMILES string of the molecule is O=C(O)CCCNC(=O)NC[C@H]1CC[C@@H](c2ccccc2)O1. The molecular formula is C16H22N2O4. The number of carboxylic acid groups (broad SMARTS) is 1. The van der Waals surface area contributed by atoms with E-state index in [4.69, 9.17) is 9.84 Å². The lowest BCUT2D eigenvalue weighted by atomic mass is 10.1. The first-order valence-corrected chi connectivity index (χ1v) is 7.59. The van der Waals surface area contributed by atoms with E-state index in [0.717, 1.165) is 12.8 Å². The molecular weight excluding hydrogens is 284 g/mol. The molecule has 0 unspecified atom stereocenters. The van der Waals surface area contributed by atoms with Gasteiger partial charge in [0.25, 0.3) is 0 Å². The molecule has 2 rings (SSSR count). The minimum atomic E-state index is -0.853. The van der Waals surface area contributed by atoms with Gasteiger partial charge in [-0.2, -0.15) is 0 Å². The zero-order valence-electron chi connectivity index (χ0n) is 12.5. The van der Waals surface area contributed by atoms with Crippen LogP contribution in [-0.2, 0) is 9.53 Å². The number of ether oxygens (including phenoxy) is 1. The number of carboxylic acids is 1. The van der Waals surface area contributed by atoms with Crippen molar-refractivity contribution in [3.05, 3.63) is 35.9 Å². The van der Waals surface area contributed by atoms with Gasteiger partial charge < -0.3 is 20.5 Å². The standard InChI is InChI=1S/C16H22N2O4/c19-15(20)7-4-10-17-16(21)18-11-13-8-9-14(22-13)12-5-2-1-3-6-12/h1-3,5-6,13-14H,4,7-11H2,(H,19,20)(H2,17,18,21)/t13-,14+/m1/s1. The summed E-state index contributed by atoms with van der Waals surface area (Å²) in [6.07, 6.45) is 2.49. The lowest BCUT2D eigenvalue weighted by molar-refractivity contribution is -0.137. The number of carbonyl (C=O) groups is 2. The molecule has 0 spiro atoms. The van der Waals surface area contributed by atoms with Crippen molar-refractivity contribution in [1.82, 2.24) is 10.6 Å². The first kappa shape index (κ1) is 16.3. The highest BCUT2D eigenvalue weighted by atomic mass is 16.5. The largest absolute Gasteiger partial charge is 0.481 e. The first-order chi connectivity index (χ1) is 10.6. The highest BCUT2D eigenvalue weighted by molar-refractivity contribution is 5.73. The number of carbonyl (C=O) groups excluding carboxylic acids is 1. The number of urea groups is 1.